The van der Waals surface area contributed by atoms with Crippen LogP contribution in [0.3, 0.4) is 0 Å². The van der Waals surface area contributed by atoms with Gasteiger partial charge in [-0.15, -0.1) is 11.3 Å². The predicted octanol–water partition coefficient (Wildman–Crippen LogP) is 6.40. The molecule has 0 spiro atoms. The number of aromatic nitrogens is 2. The van der Waals surface area contributed by atoms with E-state index in [0.717, 1.165) is 45.0 Å². The van der Waals surface area contributed by atoms with Crippen LogP contribution < -0.4 is 15.4 Å². The number of para-hydroxylation sites is 2. The van der Waals surface area contributed by atoms with E-state index in [0.29, 0.717) is 4.88 Å². The zero-order valence-electron chi connectivity index (χ0n) is 18.8. The van der Waals surface area contributed by atoms with Gasteiger partial charge in [0.25, 0.3) is 5.91 Å². The van der Waals surface area contributed by atoms with Crippen LogP contribution in [-0.4, -0.2) is 23.0 Å². The van der Waals surface area contributed by atoms with Gasteiger partial charge in [-0.05, 0) is 60.8 Å². The maximum Gasteiger partial charge on any atom is 0.265 e. The highest BCUT2D eigenvalue weighted by Crippen LogP contribution is 2.37. The molecule has 3 aromatic heterocycles. The van der Waals surface area contributed by atoms with Crippen molar-refractivity contribution in [1.29, 1.82) is 0 Å². The number of aryl methyl sites for hydroxylation is 1. The third-order valence-corrected chi connectivity index (χ3v) is 6.59. The van der Waals surface area contributed by atoms with Gasteiger partial charge < -0.3 is 20.4 Å². The van der Waals surface area contributed by atoms with Crippen molar-refractivity contribution in [3.63, 3.8) is 0 Å². The molecular formula is C27H24N4O2S. The second kappa shape index (κ2) is 9.41. The number of carbonyl (C=O) groups is 1. The first-order chi connectivity index (χ1) is 16.6. The topological polar surface area (TPSA) is 79.0 Å². The number of hydrogen-bond donors (Lipinski definition) is 3. The number of anilines is 2. The third-order valence-electron chi connectivity index (χ3n) is 5.72. The lowest BCUT2D eigenvalue weighted by Crippen LogP contribution is -2.15. The number of fused-ring (bicyclic) bond motifs is 1. The summed E-state index contributed by atoms with van der Waals surface area (Å²) in [6.07, 6.45) is 1.79. The second-order valence-corrected chi connectivity index (χ2v) is 8.84. The highest BCUT2D eigenvalue weighted by molar-refractivity contribution is 7.12. The number of nitrogens with one attached hydrogen (secondary N) is 3. The second-order valence-electron chi connectivity index (χ2n) is 7.89. The first-order valence-electron chi connectivity index (χ1n) is 10.9. The molecule has 170 valence electrons. The van der Waals surface area contributed by atoms with E-state index in [1.54, 1.807) is 13.3 Å². The molecule has 0 aliphatic carbocycles. The van der Waals surface area contributed by atoms with Crippen LogP contribution in [0.2, 0.25) is 0 Å². The average molecular weight is 469 g/mol. The smallest absolute Gasteiger partial charge is 0.265 e. The average Bonchev–Trinajstić information content (AvgIpc) is 3.51. The van der Waals surface area contributed by atoms with Crippen molar-refractivity contribution >= 4 is 39.5 Å². The molecule has 0 radical (unpaired) electrons. The van der Waals surface area contributed by atoms with Crippen LogP contribution in [0.5, 0.6) is 5.75 Å². The molecular weight excluding hydrogens is 444 g/mol. The lowest BCUT2D eigenvalue weighted by molar-refractivity contribution is 0.103. The quantitative estimate of drug-likeness (QED) is 0.258. The molecule has 0 bridgehead atoms. The summed E-state index contributed by atoms with van der Waals surface area (Å²) in [6, 6.07) is 23.1. The largest absolute Gasteiger partial charge is 0.495 e. The molecule has 1 atom stereocenters. The molecule has 0 aliphatic rings. The summed E-state index contributed by atoms with van der Waals surface area (Å²) >= 11 is 1.42. The molecule has 0 fully saturated rings. The number of rotatable bonds is 7. The van der Waals surface area contributed by atoms with Crippen LogP contribution in [0.15, 0.2) is 84.4 Å². The van der Waals surface area contributed by atoms with Crippen molar-refractivity contribution in [2.75, 3.05) is 17.7 Å². The standard InChI is InChI=1S/C27H24N4O2S/c1-17-25(19-16-18(12-13-20(19)29-17)30-27(32)24-11-7-15-34-24)26(22-9-5-6-14-28-22)31-21-8-3-4-10-23(21)33-2/h3-16,26,29,31H,1-2H3,(H,30,32)/t26-/m1/s1. The number of H-pyrrole nitrogens is 1. The summed E-state index contributed by atoms with van der Waals surface area (Å²) in [5.74, 6) is 0.640. The van der Waals surface area contributed by atoms with Crippen LogP contribution >= 0.6 is 11.3 Å². The minimum absolute atomic E-state index is 0.114. The number of thiophene rings is 1. The molecule has 2 aromatic carbocycles. The summed E-state index contributed by atoms with van der Waals surface area (Å²) in [7, 11) is 1.66. The minimum Gasteiger partial charge on any atom is -0.495 e. The molecule has 6 nitrogen and oxygen atoms in total. The zero-order valence-corrected chi connectivity index (χ0v) is 19.6. The van der Waals surface area contributed by atoms with Gasteiger partial charge in [0.05, 0.1) is 29.4 Å². The van der Waals surface area contributed by atoms with E-state index < -0.39 is 0 Å². The number of pyridine rings is 1. The van der Waals surface area contributed by atoms with Crippen molar-refractivity contribution < 1.29 is 9.53 Å². The lowest BCUT2D eigenvalue weighted by atomic mass is 9.98. The van der Waals surface area contributed by atoms with Crippen LogP contribution in [0, 0.1) is 6.92 Å². The molecule has 7 heteroatoms. The predicted molar refractivity (Wildman–Crippen MR) is 138 cm³/mol. The van der Waals surface area contributed by atoms with Crippen molar-refractivity contribution in [3.05, 3.63) is 106 Å². The minimum atomic E-state index is -0.241. The Labute approximate surface area is 201 Å². The Balaban J connectivity index is 1.59. The summed E-state index contributed by atoms with van der Waals surface area (Å²) < 4.78 is 5.58. The Kier molecular flexibility index (Phi) is 6.01. The van der Waals surface area contributed by atoms with E-state index >= 15 is 0 Å². The Hall–Kier alpha value is -4.10. The van der Waals surface area contributed by atoms with E-state index in [1.165, 1.54) is 11.3 Å². The highest BCUT2D eigenvalue weighted by Gasteiger charge is 2.23. The van der Waals surface area contributed by atoms with Crippen LogP contribution in [-0.2, 0) is 0 Å². The van der Waals surface area contributed by atoms with Crippen molar-refractivity contribution in [2.45, 2.75) is 13.0 Å². The van der Waals surface area contributed by atoms with E-state index in [9.17, 15) is 4.79 Å². The van der Waals surface area contributed by atoms with Crippen LogP contribution in [0.1, 0.15) is 32.7 Å². The van der Waals surface area contributed by atoms with E-state index in [1.807, 2.05) is 78.2 Å². The van der Waals surface area contributed by atoms with Crippen molar-refractivity contribution in [2.24, 2.45) is 0 Å². The monoisotopic (exact) mass is 468 g/mol. The highest BCUT2D eigenvalue weighted by atomic mass is 32.1. The molecule has 5 aromatic rings. The summed E-state index contributed by atoms with van der Waals surface area (Å²) in [5, 5.41) is 9.57. The van der Waals surface area contributed by atoms with Crippen LogP contribution in [0.25, 0.3) is 10.9 Å². The number of nitrogens with zero attached hydrogens (tertiary/aromatic N) is 1. The van der Waals surface area contributed by atoms with E-state index in [2.05, 4.69) is 27.5 Å². The van der Waals surface area contributed by atoms with Gasteiger partial charge in [0, 0.05) is 34.0 Å². The Morgan fingerprint density at radius 1 is 1.06 bits per heavy atom. The number of amides is 1. The molecule has 34 heavy (non-hydrogen) atoms. The molecule has 1 amide bonds. The summed E-state index contributed by atoms with van der Waals surface area (Å²) in [4.78, 5) is 21.4. The van der Waals surface area contributed by atoms with Gasteiger partial charge in [-0.3, -0.25) is 9.78 Å². The van der Waals surface area contributed by atoms with Gasteiger partial charge in [0.15, 0.2) is 0 Å². The fraction of sp³-hybridized carbons (Fsp3) is 0.111. The molecule has 5 rings (SSSR count). The number of ether oxygens (including phenoxy) is 1. The maximum atomic E-state index is 12.6. The van der Waals surface area contributed by atoms with Gasteiger partial charge in [-0.2, -0.15) is 0 Å². The zero-order chi connectivity index (χ0) is 23.5. The van der Waals surface area contributed by atoms with Gasteiger partial charge >= 0.3 is 0 Å². The summed E-state index contributed by atoms with van der Waals surface area (Å²) in [5.41, 5.74) is 5.57. The molecule has 0 aliphatic heterocycles. The maximum absolute atomic E-state index is 12.6. The van der Waals surface area contributed by atoms with Crippen molar-refractivity contribution in [1.82, 2.24) is 9.97 Å². The lowest BCUT2D eigenvalue weighted by Gasteiger charge is -2.22. The van der Waals surface area contributed by atoms with Gasteiger partial charge in [0.2, 0.25) is 0 Å². The van der Waals surface area contributed by atoms with E-state index in [4.69, 9.17) is 4.74 Å². The Bertz CT molecular complexity index is 1430. The number of methoxy groups -OCH3 is 1. The Morgan fingerprint density at radius 3 is 2.68 bits per heavy atom. The van der Waals surface area contributed by atoms with Gasteiger partial charge in [0.1, 0.15) is 5.75 Å². The molecule has 0 unspecified atom stereocenters. The fourth-order valence-electron chi connectivity index (χ4n) is 4.16. The van der Waals surface area contributed by atoms with Crippen molar-refractivity contribution in [3.8, 4) is 5.75 Å². The fourth-order valence-corrected chi connectivity index (χ4v) is 4.78. The Morgan fingerprint density at radius 2 is 1.91 bits per heavy atom. The molecule has 0 saturated carbocycles. The number of benzene rings is 2. The van der Waals surface area contributed by atoms with Crippen LogP contribution in [0.4, 0.5) is 11.4 Å². The first-order valence-corrected chi connectivity index (χ1v) is 11.8. The molecule has 0 saturated heterocycles. The molecule has 3 N–H and O–H groups in total. The number of hydrogen-bond acceptors (Lipinski definition) is 5. The third kappa shape index (κ3) is 4.25. The number of aromatic amines is 1. The van der Waals surface area contributed by atoms with Gasteiger partial charge in [-0.25, -0.2) is 0 Å². The first kappa shape index (κ1) is 21.7. The van der Waals surface area contributed by atoms with E-state index in [-0.39, 0.29) is 11.9 Å². The normalized spacial score (nSPS) is 11.8. The van der Waals surface area contributed by atoms with Gasteiger partial charge in [-0.1, -0.05) is 24.3 Å². The SMILES string of the molecule is COc1ccccc1N[C@H](c1ccccn1)c1c(C)[nH]c2ccc(NC(=O)c3cccs3)cc12. The number of carbonyl (C=O) groups excluding carboxylic acids is 1. The summed E-state index contributed by atoms with van der Waals surface area (Å²) in [6.45, 7) is 2.05. The molecule has 3 heterocycles.